The average Bonchev–Trinajstić information content (AvgIpc) is 3.06. The van der Waals surface area contributed by atoms with Crippen molar-refractivity contribution in [3.8, 4) is 0 Å². The van der Waals surface area contributed by atoms with Gasteiger partial charge in [-0.2, -0.15) is 0 Å². The summed E-state index contributed by atoms with van der Waals surface area (Å²) in [5, 5.41) is 0. The SMILES string of the molecule is CN(C)C1(Cn2c(CCl)nc3c(F)cccc32)CCCC1. The van der Waals surface area contributed by atoms with Crippen molar-refractivity contribution in [1.82, 2.24) is 14.5 Å². The maximum atomic E-state index is 14.0. The van der Waals surface area contributed by atoms with Gasteiger partial charge in [-0.15, -0.1) is 11.6 Å². The smallest absolute Gasteiger partial charge is 0.151 e. The predicted molar refractivity (Wildman–Crippen MR) is 84.1 cm³/mol. The fourth-order valence-corrected chi connectivity index (χ4v) is 3.72. The molecular weight excluding hydrogens is 289 g/mol. The molecular formula is C16H21ClFN3. The molecule has 1 saturated carbocycles. The van der Waals surface area contributed by atoms with E-state index in [1.807, 2.05) is 6.07 Å². The van der Waals surface area contributed by atoms with Crippen molar-refractivity contribution in [3.05, 3.63) is 29.8 Å². The first kappa shape index (κ1) is 14.8. The standard InChI is InChI=1S/C16H21ClFN3/c1-20(2)16(8-3-4-9-16)11-21-13-7-5-6-12(18)15(13)19-14(21)10-17/h5-7H,3-4,8-11H2,1-2H3. The zero-order valence-corrected chi connectivity index (χ0v) is 13.3. The summed E-state index contributed by atoms with van der Waals surface area (Å²) < 4.78 is 16.1. The highest BCUT2D eigenvalue weighted by molar-refractivity contribution is 6.16. The molecule has 1 aromatic carbocycles. The molecule has 21 heavy (non-hydrogen) atoms. The van der Waals surface area contributed by atoms with E-state index in [9.17, 15) is 4.39 Å². The second-order valence-corrected chi connectivity index (χ2v) is 6.45. The Balaban J connectivity index is 2.09. The molecule has 0 unspecified atom stereocenters. The van der Waals surface area contributed by atoms with Gasteiger partial charge in [-0.05, 0) is 39.1 Å². The molecule has 0 amide bonds. The summed E-state index contributed by atoms with van der Waals surface area (Å²) in [6, 6.07) is 5.12. The van der Waals surface area contributed by atoms with Gasteiger partial charge in [-0.1, -0.05) is 18.9 Å². The molecule has 5 heteroatoms. The molecule has 3 rings (SSSR count). The molecule has 1 fully saturated rings. The average molecular weight is 310 g/mol. The molecule has 1 aliphatic rings. The van der Waals surface area contributed by atoms with E-state index >= 15 is 0 Å². The molecule has 0 saturated heterocycles. The second kappa shape index (κ2) is 5.58. The molecule has 1 heterocycles. The van der Waals surface area contributed by atoms with Crippen molar-refractivity contribution >= 4 is 22.6 Å². The number of nitrogens with zero attached hydrogens (tertiary/aromatic N) is 3. The minimum Gasteiger partial charge on any atom is -0.325 e. The summed E-state index contributed by atoms with van der Waals surface area (Å²) in [7, 11) is 4.26. The molecule has 3 nitrogen and oxygen atoms in total. The Morgan fingerprint density at radius 1 is 1.33 bits per heavy atom. The van der Waals surface area contributed by atoms with Gasteiger partial charge in [-0.25, -0.2) is 9.37 Å². The van der Waals surface area contributed by atoms with Crippen LogP contribution < -0.4 is 0 Å². The number of para-hydroxylation sites is 1. The fourth-order valence-electron chi connectivity index (χ4n) is 3.51. The third-order valence-electron chi connectivity index (χ3n) is 4.86. The van der Waals surface area contributed by atoms with Gasteiger partial charge in [0.15, 0.2) is 5.82 Å². The van der Waals surface area contributed by atoms with Gasteiger partial charge in [0, 0.05) is 12.1 Å². The van der Waals surface area contributed by atoms with Crippen LogP contribution in [0.4, 0.5) is 4.39 Å². The molecule has 114 valence electrons. The molecule has 0 atom stereocenters. The molecule has 0 radical (unpaired) electrons. The number of aromatic nitrogens is 2. The number of halogens is 2. The molecule has 0 spiro atoms. The van der Waals surface area contributed by atoms with Crippen molar-refractivity contribution in [3.63, 3.8) is 0 Å². The van der Waals surface area contributed by atoms with Crippen LogP contribution in [0.25, 0.3) is 11.0 Å². The Morgan fingerprint density at radius 2 is 2.05 bits per heavy atom. The molecule has 1 aliphatic carbocycles. The van der Waals surface area contributed by atoms with Gasteiger partial charge in [0.25, 0.3) is 0 Å². The lowest BCUT2D eigenvalue weighted by atomic mass is 9.95. The first-order chi connectivity index (χ1) is 10.1. The van der Waals surface area contributed by atoms with Crippen LogP contribution in [0.5, 0.6) is 0 Å². The number of fused-ring (bicyclic) bond motifs is 1. The Bertz CT molecular complexity index is 644. The van der Waals surface area contributed by atoms with Crippen molar-refractivity contribution in [2.24, 2.45) is 0 Å². The number of likely N-dealkylation sites (N-methyl/N-ethyl adjacent to an activating group) is 1. The minimum absolute atomic E-state index is 0.126. The van der Waals surface area contributed by atoms with E-state index in [4.69, 9.17) is 11.6 Å². The van der Waals surface area contributed by atoms with Crippen LogP contribution in [0, 0.1) is 5.82 Å². The lowest BCUT2D eigenvalue weighted by Gasteiger charge is -2.37. The fraction of sp³-hybridized carbons (Fsp3) is 0.562. The van der Waals surface area contributed by atoms with Gasteiger partial charge in [0.1, 0.15) is 11.3 Å². The molecule has 0 aliphatic heterocycles. The van der Waals surface area contributed by atoms with Crippen LogP contribution in [0.1, 0.15) is 31.5 Å². The maximum Gasteiger partial charge on any atom is 0.151 e. The monoisotopic (exact) mass is 309 g/mol. The van der Waals surface area contributed by atoms with Gasteiger partial charge in [0.05, 0.1) is 11.4 Å². The Kier molecular flexibility index (Phi) is 3.93. The van der Waals surface area contributed by atoms with Crippen LogP contribution in [0.15, 0.2) is 18.2 Å². The van der Waals surface area contributed by atoms with Gasteiger partial charge in [-0.3, -0.25) is 0 Å². The quantitative estimate of drug-likeness (QED) is 0.801. The summed E-state index contributed by atoms with van der Waals surface area (Å²) in [6.07, 6.45) is 4.82. The van der Waals surface area contributed by atoms with E-state index in [2.05, 4.69) is 28.5 Å². The molecule has 0 N–H and O–H groups in total. The summed E-state index contributed by atoms with van der Waals surface area (Å²) in [5.74, 6) is 0.783. The van der Waals surface area contributed by atoms with Crippen LogP contribution in [-0.4, -0.2) is 34.1 Å². The zero-order valence-electron chi connectivity index (χ0n) is 12.6. The van der Waals surface area contributed by atoms with E-state index in [1.165, 1.54) is 18.9 Å². The Morgan fingerprint density at radius 3 is 2.67 bits per heavy atom. The highest BCUT2D eigenvalue weighted by Gasteiger charge is 2.37. The van der Waals surface area contributed by atoms with Crippen LogP contribution in [0.3, 0.4) is 0 Å². The number of alkyl halides is 1. The van der Waals surface area contributed by atoms with Crippen molar-refractivity contribution in [1.29, 1.82) is 0 Å². The molecule has 2 aromatic rings. The summed E-state index contributed by atoms with van der Waals surface area (Å²) in [6.45, 7) is 0.821. The molecule has 1 aromatic heterocycles. The largest absolute Gasteiger partial charge is 0.325 e. The van der Waals surface area contributed by atoms with E-state index in [1.54, 1.807) is 6.07 Å². The number of benzene rings is 1. The first-order valence-corrected chi connectivity index (χ1v) is 7.98. The van der Waals surface area contributed by atoms with Gasteiger partial charge in [0.2, 0.25) is 0 Å². The highest BCUT2D eigenvalue weighted by Crippen LogP contribution is 2.36. The topological polar surface area (TPSA) is 21.1 Å². The Labute approximate surface area is 129 Å². The minimum atomic E-state index is -0.275. The van der Waals surface area contributed by atoms with Gasteiger partial charge < -0.3 is 9.47 Å². The van der Waals surface area contributed by atoms with E-state index < -0.39 is 0 Å². The third-order valence-corrected chi connectivity index (χ3v) is 5.10. The van der Waals surface area contributed by atoms with Crippen LogP contribution in [-0.2, 0) is 12.4 Å². The summed E-state index contributed by atoms with van der Waals surface area (Å²) in [4.78, 5) is 6.71. The number of hydrogen-bond acceptors (Lipinski definition) is 2. The van der Waals surface area contributed by atoms with Crippen molar-refractivity contribution < 1.29 is 4.39 Å². The number of rotatable bonds is 4. The van der Waals surface area contributed by atoms with Crippen LogP contribution in [0.2, 0.25) is 0 Å². The lowest BCUT2D eigenvalue weighted by Crippen LogP contribution is -2.45. The zero-order chi connectivity index (χ0) is 15.0. The third kappa shape index (κ3) is 2.44. The second-order valence-electron chi connectivity index (χ2n) is 6.18. The first-order valence-electron chi connectivity index (χ1n) is 7.44. The highest BCUT2D eigenvalue weighted by atomic mass is 35.5. The van der Waals surface area contributed by atoms with E-state index in [0.717, 1.165) is 30.7 Å². The lowest BCUT2D eigenvalue weighted by molar-refractivity contribution is 0.134. The van der Waals surface area contributed by atoms with E-state index in [-0.39, 0.29) is 11.4 Å². The van der Waals surface area contributed by atoms with Crippen molar-refractivity contribution in [2.75, 3.05) is 14.1 Å². The van der Waals surface area contributed by atoms with Crippen molar-refractivity contribution in [2.45, 2.75) is 43.6 Å². The number of hydrogen-bond donors (Lipinski definition) is 0. The maximum absolute atomic E-state index is 14.0. The normalized spacial score (nSPS) is 18.0. The predicted octanol–water partition coefficient (Wildman–Crippen LogP) is 3.79. The van der Waals surface area contributed by atoms with E-state index in [0.29, 0.717) is 11.4 Å². The number of imidazole rings is 1. The summed E-state index contributed by atoms with van der Waals surface area (Å²) >= 11 is 6.05. The van der Waals surface area contributed by atoms with Gasteiger partial charge >= 0.3 is 0 Å². The summed E-state index contributed by atoms with van der Waals surface area (Å²) in [5.41, 5.74) is 1.40. The Hall–Kier alpha value is -1.13. The molecule has 0 bridgehead atoms. The van der Waals surface area contributed by atoms with Crippen LogP contribution >= 0.6 is 11.6 Å².